The maximum absolute atomic E-state index is 12.5. The molecule has 0 aromatic heterocycles. The molecule has 1 atom stereocenters. The Morgan fingerprint density at radius 2 is 1.89 bits per heavy atom. The highest BCUT2D eigenvalue weighted by Crippen LogP contribution is 2.32. The summed E-state index contributed by atoms with van der Waals surface area (Å²) in [6, 6.07) is 8.14. The molecule has 96 valence electrons. The first-order chi connectivity index (χ1) is 8.86. The van der Waals surface area contributed by atoms with Crippen molar-refractivity contribution >= 4 is 5.78 Å². The molecule has 1 unspecified atom stereocenters. The first kappa shape index (κ1) is 11.9. The van der Waals surface area contributed by atoms with Gasteiger partial charge in [0.25, 0.3) is 0 Å². The van der Waals surface area contributed by atoms with Gasteiger partial charge in [-0.3, -0.25) is 4.79 Å². The van der Waals surface area contributed by atoms with Crippen LogP contribution in [0, 0.1) is 5.92 Å². The summed E-state index contributed by atoms with van der Waals surface area (Å²) in [6.07, 6.45) is 2.23. The number of hydrogen-bond acceptors (Lipinski definition) is 3. The quantitative estimate of drug-likeness (QED) is 0.803. The molecule has 0 radical (unpaired) electrons. The topological polar surface area (TPSA) is 35.5 Å². The van der Waals surface area contributed by atoms with Crippen LogP contribution in [0.5, 0.6) is 0 Å². The zero-order valence-electron chi connectivity index (χ0n) is 10.4. The second-order valence-corrected chi connectivity index (χ2v) is 4.99. The summed E-state index contributed by atoms with van der Waals surface area (Å²) in [5.41, 5.74) is 2.33. The van der Waals surface area contributed by atoms with E-state index in [9.17, 15) is 4.79 Å². The minimum Gasteiger partial charge on any atom is -0.381 e. The Labute approximate surface area is 107 Å². The zero-order chi connectivity index (χ0) is 12.4. The zero-order valence-corrected chi connectivity index (χ0v) is 10.4. The second-order valence-electron chi connectivity index (χ2n) is 4.99. The lowest BCUT2D eigenvalue weighted by Crippen LogP contribution is -2.31. The fourth-order valence-electron chi connectivity index (χ4n) is 2.83. The van der Waals surface area contributed by atoms with Gasteiger partial charge in [0.05, 0.1) is 6.61 Å². The summed E-state index contributed by atoms with van der Waals surface area (Å²) in [5, 5.41) is 0. The van der Waals surface area contributed by atoms with Crippen molar-refractivity contribution in [3.63, 3.8) is 0 Å². The van der Waals surface area contributed by atoms with Gasteiger partial charge in [-0.05, 0) is 30.4 Å². The fraction of sp³-hybridized carbons (Fsp3) is 0.533. The van der Waals surface area contributed by atoms with Gasteiger partial charge in [-0.15, -0.1) is 0 Å². The third-order valence-corrected chi connectivity index (χ3v) is 3.88. The predicted molar refractivity (Wildman–Crippen MR) is 67.4 cm³/mol. The fourth-order valence-corrected chi connectivity index (χ4v) is 2.83. The van der Waals surface area contributed by atoms with E-state index < -0.39 is 0 Å². The van der Waals surface area contributed by atoms with Crippen molar-refractivity contribution < 1.29 is 14.3 Å². The van der Waals surface area contributed by atoms with E-state index in [2.05, 4.69) is 6.07 Å². The van der Waals surface area contributed by atoms with E-state index in [1.54, 1.807) is 0 Å². The monoisotopic (exact) mass is 246 g/mol. The summed E-state index contributed by atoms with van der Waals surface area (Å²) in [5.74, 6) is 0.348. The minimum atomic E-state index is -0.349. The standard InChI is InChI=1S/C15H18O3/c16-14(12-5-8-17-9-6-12)15-13-4-2-1-3-11(13)7-10-18-15/h1-4,12,15H,5-10H2. The highest BCUT2D eigenvalue weighted by atomic mass is 16.5. The Morgan fingerprint density at radius 3 is 2.72 bits per heavy atom. The highest BCUT2D eigenvalue weighted by molar-refractivity contribution is 5.87. The van der Waals surface area contributed by atoms with E-state index in [1.165, 1.54) is 5.56 Å². The van der Waals surface area contributed by atoms with E-state index in [0.717, 1.165) is 24.8 Å². The number of ketones is 1. The normalized spacial score (nSPS) is 24.6. The third kappa shape index (κ3) is 2.20. The number of benzene rings is 1. The average Bonchev–Trinajstić information content (AvgIpc) is 2.47. The number of rotatable bonds is 2. The van der Waals surface area contributed by atoms with Crippen LogP contribution in [0.2, 0.25) is 0 Å². The van der Waals surface area contributed by atoms with E-state index in [-0.39, 0.29) is 17.8 Å². The van der Waals surface area contributed by atoms with Crippen LogP contribution in [-0.2, 0) is 20.7 Å². The number of hydrogen-bond donors (Lipinski definition) is 0. The van der Waals surface area contributed by atoms with Crippen molar-refractivity contribution in [1.29, 1.82) is 0 Å². The van der Waals surface area contributed by atoms with E-state index in [0.29, 0.717) is 19.8 Å². The molecule has 0 bridgehead atoms. The maximum Gasteiger partial charge on any atom is 0.169 e. The van der Waals surface area contributed by atoms with Crippen molar-refractivity contribution in [1.82, 2.24) is 0 Å². The van der Waals surface area contributed by atoms with Crippen LogP contribution in [0.25, 0.3) is 0 Å². The van der Waals surface area contributed by atoms with Crippen molar-refractivity contribution in [2.24, 2.45) is 5.92 Å². The Kier molecular flexibility index (Phi) is 3.43. The molecule has 1 aromatic rings. The third-order valence-electron chi connectivity index (χ3n) is 3.88. The molecule has 0 N–H and O–H groups in total. The summed E-state index contributed by atoms with van der Waals surface area (Å²) < 4.78 is 11.0. The molecule has 0 saturated carbocycles. The molecular formula is C15H18O3. The van der Waals surface area contributed by atoms with Crippen LogP contribution in [0.4, 0.5) is 0 Å². The second kappa shape index (κ2) is 5.21. The van der Waals surface area contributed by atoms with E-state index >= 15 is 0 Å². The molecule has 2 aliphatic heterocycles. The number of carbonyl (C=O) groups is 1. The van der Waals surface area contributed by atoms with Gasteiger partial charge in [0.2, 0.25) is 0 Å². The van der Waals surface area contributed by atoms with Crippen molar-refractivity contribution in [3.05, 3.63) is 35.4 Å². The highest BCUT2D eigenvalue weighted by Gasteiger charge is 2.33. The molecule has 0 spiro atoms. The van der Waals surface area contributed by atoms with Crippen molar-refractivity contribution in [2.45, 2.75) is 25.4 Å². The Bertz CT molecular complexity index is 435. The van der Waals surface area contributed by atoms with Gasteiger partial charge >= 0.3 is 0 Å². The number of fused-ring (bicyclic) bond motifs is 1. The summed E-state index contributed by atoms with van der Waals surface area (Å²) in [4.78, 5) is 12.5. The van der Waals surface area contributed by atoms with Gasteiger partial charge in [0.1, 0.15) is 6.10 Å². The van der Waals surface area contributed by atoms with E-state index in [1.807, 2.05) is 18.2 Å². The molecule has 1 saturated heterocycles. The Balaban J connectivity index is 1.82. The van der Waals surface area contributed by atoms with Crippen molar-refractivity contribution in [3.8, 4) is 0 Å². The van der Waals surface area contributed by atoms with E-state index in [4.69, 9.17) is 9.47 Å². The Morgan fingerprint density at radius 1 is 1.11 bits per heavy atom. The molecule has 3 heteroatoms. The molecular weight excluding hydrogens is 228 g/mol. The molecule has 18 heavy (non-hydrogen) atoms. The number of Topliss-reactive ketones (excluding diaryl/α,β-unsaturated/α-hetero) is 1. The number of carbonyl (C=O) groups excluding carboxylic acids is 1. The van der Waals surface area contributed by atoms with Gasteiger partial charge in [-0.1, -0.05) is 24.3 Å². The predicted octanol–water partition coefficient (Wildman–Crippen LogP) is 2.30. The molecule has 2 heterocycles. The summed E-state index contributed by atoms with van der Waals surface area (Å²) >= 11 is 0. The molecule has 0 aliphatic carbocycles. The summed E-state index contributed by atoms with van der Waals surface area (Å²) in [6.45, 7) is 2.05. The van der Waals surface area contributed by atoms with Gasteiger partial charge in [-0.2, -0.15) is 0 Å². The summed E-state index contributed by atoms with van der Waals surface area (Å²) in [7, 11) is 0. The Hall–Kier alpha value is -1.19. The smallest absolute Gasteiger partial charge is 0.169 e. The number of ether oxygens (including phenoxy) is 2. The first-order valence-electron chi connectivity index (χ1n) is 6.67. The molecule has 2 aliphatic rings. The molecule has 3 rings (SSSR count). The van der Waals surface area contributed by atoms with Crippen LogP contribution in [0.1, 0.15) is 30.1 Å². The van der Waals surface area contributed by atoms with Gasteiger partial charge in [0, 0.05) is 19.1 Å². The SMILES string of the molecule is O=C(C1CCOCC1)C1OCCc2ccccc21. The molecule has 1 fully saturated rings. The maximum atomic E-state index is 12.5. The van der Waals surface area contributed by atoms with Crippen LogP contribution in [0.15, 0.2) is 24.3 Å². The lowest BCUT2D eigenvalue weighted by Gasteiger charge is -2.29. The van der Waals surface area contributed by atoms with Crippen LogP contribution >= 0.6 is 0 Å². The largest absolute Gasteiger partial charge is 0.381 e. The van der Waals surface area contributed by atoms with Gasteiger partial charge in [-0.25, -0.2) is 0 Å². The molecule has 0 amide bonds. The molecule has 3 nitrogen and oxygen atoms in total. The van der Waals surface area contributed by atoms with Crippen LogP contribution in [0.3, 0.4) is 0 Å². The lowest BCUT2D eigenvalue weighted by molar-refractivity contribution is -0.138. The average molecular weight is 246 g/mol. The molecule has 1 aromatic carbocycles. The lowest BCUT2D eigenvalue weighted by atomic mass is 9.86. The van der Waals surface area contributed by atoms with Crippen LogP contribution < -0.4 is 0 Å². The van der Waals surface area contributed by atoms with Gasteiger partial charge < -0.3 is 9.47 Å². The first-order valence-corrected chi connectivity index (χ1v) is 6.67. The van der Waals surface area contributed by atoms with Crippen LogP contribution in [-0.4, -0.2) is 25.6 Å². The van der Waals surface area contributed by atoms with Crippen molar-refractivity contribution in [2.75, 3.05) is 19.8 Å². The van der Waals surface area contributed by atoms with Gasteiger partial charge in [0.15, 0.2) is 5.78 Å². The minimum absolute atomic E-state index is 0.106.